The van der Waals surface area contributed by atoms with Crippen molar-refractivity contribution in [1.82, 2.24) is 14.5 Å². The maximum absolute atomic E-state index is 13.3. The number of thioether (sulfide) groups is 1. The molecule has 0 bridgehead atoms. The van der Waals surface area contributed by atoms with Gasteiger partial charge in [0, 0.05) is 20.2 Å². The van der Waals surface area contributed by atoms with Crippen LogP contribution in [0.25, 0.3) is 16.6 Å². The fourth-order valence-corrected chi connectivity index (χ4v) is 4.44. The zero-order valence-electron chi connectivity index (χ0n) is 18.4. The molecule has 0 fully saturated rings. The molecule has 0 atom stereocenters. The number of carbonyl (C=O) groups is 1. The number of hydrogen-bond acceptors (Lipinski definition) is 5. The van der Waals surface area contributed by atoms with Crippen molar-refractivity contribution in [2.24, 2.45) is 0 Å². The predicted molar refractivity (Wildman–Crippen MR) is 132 cm³/mol. The molecule has 0 aliphatic heterocycles. The Hall–Kier alpha value is -3.42. The van der Waals surface area contributed by atoms with E-state index in [4.69, 9.17) is 9.72 Å². The van der Waals surface area contributed by atoms with E-state index in [1.165, 1.54) is 11.8 Å². The average molecular weight is 460 g/mol. The quantitative estimate of drug-likeness (QED) is 0.278. The fraction of sp³-hybridized carbons (Fsp3) is 0.192. The third-order valence-corrected chi connectivity index (χ3v) is 6.14. The van der Waals surface area contributed by atoms with Crippen LogP contribution in [0.5, 0.6) is 0 Å². The zero-order chi connectivity index (χ0) is 23.0. The summed E-state index contributed by atoms with van der Waals surface area (Å²) >= 11 is 1.27. The van der Waals surface area contributed by atoms with Crippen molar-refractivity contribution in [3.05, 3.63) is 101 Å². The number of fused-ring (bicyclic) bond motifs is 1. The lowest BCUT2D eigenvalue weighted by Gasteiger charge is -2.22. The summed E-state index contributed by atoms with van der Waals surface area (Å²) in [5, 5.41) is 1.03. The predicted octanol–water partition coefficient (Wildman–Crippen LogP) is 4.15. The highest BCUT2D eigenvalue weighted by Crippen LogP contribution is 2.22. The van der Waals surface area contributed by atoms with Crippen molar-refractivity contribution in [3.63, 3.8) is 0 Å². The molecule has 0 saturated heterocycles. The summed E-state index contributed by atoms with van der Waals surface area (Å²) in [6.45, 7) is 1.44. The van der Waals surface area contributed by atoms with Crippen molar-refractivity contribution < 1.29 is 9.53 Å². The van der Waals surface area contributed by atoms with Crippen LogP contribution in [-0.4, -0.2) is 46.4 Å². The van der Waals surface area contributed by atoms with Crippen LogP contribution in [0.1, 0.15) is 5.56 Å². The normalized spacial score (nSPS) is 10.9. The van der Waals surface area contributed by atoms with Crippen LogP contribution >= 0.6 is 11.8 Å². The maximum Gasteiger partial charge on any atom is 0.266 e. The molecule has 4 rings (SSSR count). The van der Waals surface area contributed by atoms with E-state index in [9.17, 15) is 9.59 Å². The minimum atomic E-state index is -0.151. The number of nitrogens with zero attached hydrogens (tertiary/aromatic N) is 3. The second kappa shape index (κ2) is 10.9. The molecule has 3 aromatic carbocycles. The van der Waals surface area contributed by atoms with Gasteiger partial charge >= 0.3 is 0 Å². The Morgan fingerprint density at radius 1 is 0.970 bits per heavy atom. The number of benzene rings is 3. The number of carbonyl (C=O) groups excluding carboxylic acids is 1. The van der Waals surface area contributed by atoms with Gasteiger partial charge in [0.15, 0.2) is 5.16 Å². The van der Waals surface area contributed by atoms with E-state index >= 15 is 0 Å². The lowest BCUT2D eigenvalue weighted by molar-refractivity contribution is -0.129. The first kappa shape index (κ1) is 22.8. The van der Waals surface area contributed by atoms with Crippen LogP contribution in [0.15, 0.2) is 94.9 Å². The molecule has 6 nitrogen and oxygen atoms in total. The number of ether oxygens (including phenoxy) is 1. The summed E-state index contributed by atoms with van der Waals surface area (Å²) in [5.74, 6) is 0.122. The van der Waals surface area contributed by atoms with Gasteiger partial charge in [-0.05, 0) is 29.8 Å². The summed E-state index contributed by atoms with van der Waals surface area (Å²) in [5.41, 5.74) is 2.24. The molecule has 0 spiro atoms. The van der Waals surface area contributed by atoms with Crippen molar-refractivity contribution in [3.8, 4) is 5.69 Å². The molecule has 1 aromatic heterocycles. The topological polar surface area (TPSA) is 64.4 Å². The SMILES string of the molecule is COCCN(Cc1ccccc1)C(=O)CSc1nc2ccccc2c(=O)n1-c1ccccc1. The smallest absolute Gasteiger partial charge is 0.266 e. The van der Waals surface area contributed by atoms with Crippen LogP contribution in [0.3, 0.4) is 0 Å². The third kappa shape index (κ3) is 5.50. The minimum Gasteiger partial charge on any atom is -0.383 e. The van der Waals surface area contributed by atoms with Gasteiger partial charge in [-0.15, -0.1) is 0 Å². The van der Waals surface area contributed by atoms with Crippen LogP contribution in [0.4, 0.5) is 0 Å². The van der Waals surface area contributed by atoms with E-state index in [1.54, 1.807) is 22.6 Å². The Labute approximate surface area is 196 Å². The monoisotopic (exact) mass is 459 g/mol. The highest BCUT2D eigenvalue weighted by molar-refractivity contribution is 7.99. The molecule has 1 heterocycles. The minimum absolute atomic E-state index is 0.0390. The number of para-hydroxylation sites is 2. The van der Waals surface area contributed by atoms with E-state index in [2.05, 4.69) is 0 Å². The summed E-state index contributed by atoms with van der Waals surface area (Å²) in [4.78, 5) is 33.0. The first-order valence-corrected chi connectivity index (χ1v) is 11.7. The largest absolute Gasteiger partial charge is 0.383 e. The number of methoxy groups -OCH3 is 1. The maximum atomic E-state index is 13.3. The van der Waals surface area contributed by atoms with Crippen LogP contribution < -0.4 is 5.56 Å². The number of rotatable bonds is 9. The van der Waals surface area contributed by atoms with Gasteiger partial charge in [0.1, 0.15) is 0 Å². The van der Waals surface area contributed by atoms with Crippen molar-refractivity contribution in [2.45, 2.75) is 11.7 Å². The molecule has 0 aliphatic rings. The van der Waals surface area contributed by atoms with Crippen molar-refractivity contribution >= 4 is 28.6 Å². The lowest BCUT2D eigenvalue weighted by Crippen LogP contribution is -2.35. The molecule has 0 saturated carbocycles. The van der Waals surface area contributed by atoms with Crippen molar-refractivity contribution in [1.29, 1.82) is 0 Å². The third-order valence-electron chi connectivity index (χ3n) is 5.22. The number of hydrogen-bond donors (Lipinski definition) is 0. The summed E-state index contributed by atoms with van der Waals surface area (Å²) in [7, 11) is 1.62. The molecule has 0 radical (unpaired) electrons. The van der Waals surface area contributed by atoms with Crippen LogP contribution in [0.2, 0.25) is 0 Å². The Bertz CT molecular complexity index is 1280. The standard InChI is InChI=1S/C26H25N3O3S/c1-32-17-16-28(18-20-10-4-2-5-11-20)24(30)19-33-26-27-23-15-9-8-14-22(23)25(31)29(26)21-12-6-3-7-13-21/h2-15H,16-19H2,1H3. The van der Waals surface area contributed by atoms with Gasteiger partial charge in [-0.1, -0.05) is 72.4 Å². The fourth-order valence-electron chi connectivity index (χ4n) is 3.53. The van der Waals surface area contributed by atoms with Crippen LogP contribution in [-0.2, 0) is 16.1 Å². The number of aromatic nitrogens is 2. The second-order valence-electron chi connectivity index (χ2n) is 7.47. The first-order valence-electron chi connectivity index (χ1n) is 10.7. The molecular weight excluding hydrogens is 434 g/mol. The highest BCUT2D eigenvalue weighted by Gasteiger charge is 2.18. The van der Waals surface area contributed by atoms with Gasteiger partial charge in [-0.25, -0.2) is 4.98 Å². The van der Waals surface area contributed by atoms with Gasteiger partial charge in [-0.2, -0.15) is 0 Å². The molecule has 0 aliphatic carbocycles. The Morgan fingerprint density at radius 3 is 2.36 bits per heavy atom. The molecule has 168 valence electrons. The van der Waals surface area contributed by atoms with Gasteiger partial charge < -0.3 is 9.64 Å². The Morgan fingerprint density at radius 2 is 1.64 bits per heavy atom. The van der Waals surface area contributed by atoms with E-state index in [0.717, 1.165) is 11.3 Å². The first-order chi connectivity index (χ1) is 16.2. The molecule has 1 amide bonds. The molecule has 7 heteroatoms. The van der Waals surface area contributed by atoms with Gasteiger partial charge in [-0.3, -0.25) is 14.2 Å². The van der Waals surface area contributed by atoms with E-state index in [-0.39, 0.29) is 17.2 Å². The summed E-state index contributed by atoms with van der Waals surface area (Å²) in [6, 6.07) is 26.5. The lowest BCUT2D eigenvalue weighted by atomic mass is 10.2. The average Bonchev–Trinajstić information content (AvgIpc) is 2.86. The van der Waals surface area contributed by atoms with Gasteiger partial charge in [0.05, 0.1) is 29.0 Å². The summed E-state index contributed by atoms with van der Waals surface area (Å²) < 4.78 is 6.79. The zero-order valence-corrected chi connectivity index (χ0v) is 19.2. The van der Waals surface area contributed by atoms with E-state index < -0.39 is 0 Å². The van der Waals surface area contributed by atoms with Gasteiger partial charge in [0.2, 0.25) is 5.91 Å². The molecular formula is C26H25N3O3S. The van der Waals surface area contributed by atoms with E-state index in [1.807, 2.05) is 78.9 Å². The van der Waals surface area contributed by atoms with E-state index in [0.29, 0.717) is 35.8 Å². The van der Waals surface area contributed by atoms with Crippen molar-refractivity contribution in [2.75, 3.05) is 26.0 Å². The summed E-state index contributed by atoms with van der Waals surface area (Å²) in [6.07, 6.45) is 0. The molecule has 33 heavy (non-hydrogen) atoms. The van der Waals surface area contributed by atoms with Crippen LogP contribution in [0, 0.1) is 0 Å². The molecule has 4 aromatic rings. The Balaban J connectivity index is 1.62. The second-order valence-corrected chi connectivity index (χ2v) is 8.41. The molecule has 0 unspecified atom stereocenters. The Kier molecular flexibility index (Phi) is 7.55. The number of amides is 1. The molecule has 0 N–H and O–H groups in total. The van der Waals surface area contributed by atoms with Gasteiger partial charge in [0.25, 0.3) is 5.56 Å². The highest BCUT2D eigenvalue weighted by atomic mass is 32.2.